The number of ether oxygens (including phenoxy) is 2. The SMILES string of the molecule is COc1cc2c3c(c1)-c1cc(-c4ccccc4)c4cc5c6c(cc(-c7ccccc7)c7cc(c1c4c76)B3c1ccccc1-2)-c1cc(OC)cc2c1B5c1ccccc1-2. The van der Waals surface area contributed by atoms with Crippen molar-refractivity contribution >= 4 is 78.5 Å². The fraction of sp³-hybridized carbons (Fsp3) is 0.0370. The van der Waals surface area contributed by atoms with Gasteiger partial charge < -0.3 is 9.47 Å². The topological polar surface area (TPSA) is 18.5 Å². The number of benzene rings is 10. The lowest BCUT2D eigenvalue weighted by Crippen LogP contribution is -2.52. The number of fused-ring (bicyclic) bond motifs is 10. The highest BCUT2D eigenvalue weighted by molar-refractivity contribution is 7.03. The second kappa shape index (κ2) is 10.9. The van der Waals surface area contributed by atoms with E-state index >= 15 is 0 Å². The Kier molecular flexibility index (Phi) is 5.83. The molecule has 0 bridgehead atoms. The van der Waals surface area contributed by atoms with E-state index in [1.807, 2.05) is 0 Å². The Morgan fingerprint density at radius 1 is 0.310 bits per heavy atom. The first-order valence-electron chi connectivity index (χ1n) is 20.3. The number of hydrogen-bond acceptors (Lipinski definition) is 2. The molecule has 0 saturated carbocycles. The van der Waals surface area contributed by atoms with Gasteiger partial charge in [0.25, 0.3) is 0 Å². The molecule has 0 amide bonds. The highest BCUT2D eigenvalue weighted by Gasteiger charge is 2.45. The van der Waals surface area contributed by atoms with Crippen molar-refractivity contribution in [2.75, 3.05) is 14.2 Å². The summed E-state index contributed by atoms with van der Waals surface area (Å²) in [7, 11) is 3.60. The summed E-state index contributed by atoms with van der Waals surface area (Å²) in [5.74, 6) is 1.79. The van der Waals surface area contributed by atoms with Crippen LogP contribution in [-0.4, -0.2) is 27.6 Å². The molecule has 4 aliphatic heterocycles. The van der Waals surface area contributed by atoms with Gasteiger partial charge in [0.2, 0.25) is 13.4 Å². The fourth-order valence-corrected chi connectivity index (χ4v) is 11.8. The second-order valence-corrected chi connectivity index (χ2v) is 16.5. The minimum absolute atomic E-state index is 0.110. The standard InChI is InChI=1S/C54H32B2O2/c1-57-31-21-41-33-17-9-11-19-45(33)55-47-27-40-36(30-15-7-4-8-16-30)26-38-44-24-32(58-2)22-42-34-18-10-12-20-46(34)56(54(42)44)48-28-39-35(29-13-5-3-6-14-29)25-37(43(23-31)53(41)55)49(47)51(39)52(40)50(38)48/h3-28H,1-2H3. The maximum Gasteiger partial charge on any atom is 0.244 e. The van der Waals surface area contributed by atoms with Crippen LogP contribution in [0.1, 0.15) is 0 Å². The Morgan fingerprint density at radius 3 is 1.10 bits per heavy atom. The van der Waals surface area contributed by atoms with Crippen molar-refractivity contribution in [1.29, 1.82) is 0 Å². The van der Waals surface area contributed by atoms with Gasteiger partial charge in [-0.3, -0.25) is 0 Å². The highest BCUT2D eigenvalue weighted by Crippen LogP contribution is 2.51. The molecule has 58 heavy (non-hydrogen) atoms. The number of rotatable bonds is 4. The Hall–Kier alpha value is -7.03. The Balaban J connectivity index is 1.26. The van der Waals surface area contributed by atoms with Crippen molar-refractivity contribution < 1.29 is 9.47 Å². The maximum atomic E-state index is 6.09. The average Bonchev–Trinajstić information content (AvgIpc) is 3.80. The Labute approximate surface area is 336 Å². The molecule has 0 aromatic heterocycles. The zero-order valence-electron chi connectivity index (χ0n) is 32.0. The molecule has 10 aromatic carbocycles. The first-order valence-corrected chi connectivity index (χ1v) is 20.3. The lowest BCUT2D eigenvalue weighted by molar-refractivity contribution is 0.415. The van der Waals surface area contributed by atoms with Crippen molar-refractivity contribution in [2.24, 2.45) is 0 Å². The normalized spacial score (nSPS) is 13.3. The van der Waals surface area contributed by atoms with E-state index in [9.17, 15) is 0 Å². The van der Waals surface area contributed by atoms with Crippen LogP contribution in [-0.2, 0) is 0 Å². The summed E-state index contributed by atoms with van der Waals surface area (Å²) in [5.41, 5.74) is 23.6. The van der Waals surface area contributed by atoms with E-state index in [-0.39, 0.29) is 13.4 Å². The summed E-state index contributed by atoms with van der Waals surface area (Å²) >= 11 is 0. The van der Waals surface area contributed by atoms with Crippen LogP contribution in [0, 0.1) is 0 Å². The van der Waals surface area contributed by atoms with Crippen LogP contribution < -0.4 is 42.3 Å². The van der Waals surface area contributed by atoms with Crippen molar-refractivity contribution in [3.05, 3.63) is 158 Å². The summed E-state index contributed by atoms with van der Waals surface area (Å²) in [4.78, 5) is 0. The average molecular weight is 734 g/mol. The van der Waals surface area contributed by atoms with Gasteiger partial charge in [-0.1, -0.05) is 154 Å². The summed E-state index contributed by atoms with van der Waals surface area (Å²) in [6.07, 6.45) is 0. The molecule has 0 radical (unpaired) electrons. The fourth-order valence-electron chi connectivity index (χ4n) is 11.8. The summed E-state index contributed by atoms with van der Waals surface area (Å²) in [6.45, 7) is 0.220. The first kappa shape index (κ1) is 31.1. The van der Waals surface area contributed by atoms with Gasteiger partial charge in [-0.05, 0) is 135 Å². The van der Waals surface area contributed by atoms with E-state index < -0.39 is 0 Å². The number of hydrogen-bond donors (Lipinski definition) is 0. The Bertz CT molecular complexity index is 3250. The van der Waals surface area contributed by atoms with E-state index in [0.29, 0.717) is 0 Å². The smallest absolute Gasteiger partial charge is 0.244 e. The molecule has 0 saturated heterocycles. The minimum atomic E-state index is 0.110. The molecule has 0 N–H and O–H groups in total. The third-order valence-electron chi connectivity index (χ3n) is 14.0. The van der Waals surface area contributed by atoms with E-state index in [1.54, 1.807) is 14.2 Å². The molecule has 0 spiro atoms. The molecule has 266 valence electrons. The summed E-state index contributed by atoms with van der Waals surface area (Å²) < 4.78 is 12.2. The molecule has 10 aromatic rings. The summed E-state index contributed by atoms with van der Waals surface area (Å²) in [5, 5.41) is 8.08. The van der Waals surface area contributed by atoms with Crippen molar-refractivity contribution in [2.45, 2.75) is 0 Å². The third-order valence-corrected chi connectivity index (χ3v) is 14.0. The molecule has 4 heteroatoms. The maximum absolute atomic E-state index is 6.09. The van der Waals surface area contributed by atoms with E-state index in [2.05, 4.69) is 158 Å². The molecule has 0 unspecified atom stereocenters. The van der Waals surface area contributed by atoms with Gasteiger partial charge in [-0.2, -0.15) is 0 Å². The van der Waals surface area contributed by atoms with Crippen LogP contribution in [0.5, 0.6) is 11.5 Å². The van der Waals surface area contributed by atoms with Crippen molar-refractivity contribution in [3.8, 4) is 78.3 Å². The van der Waals surface area contributed by atoms with Crippen LogP contribution in [0.15, 0.2) is 158 Å². The number of methoxy groups -OCH3 is 2. The lowest BCUT2D eigenvalue weighted by Gasteiger charge is -2.33. The zero-order chi connectivity index (χ0) is 38.0. The molecular weight excluding hydrogens is 702 g/mol. The van der Waals surface area contributed by atoms with Gasteiger partial charge >= 0.3 is 0 Å². The van der Waals surface area contributed by atoms with Crippen LogP contribution in [0.3, 0.4) is 0 Å². The van der Waals surface area contributed by atoms with Gasteiger partial charge in [0, 0.05) is 0 Å². The van der Waals surface area contributed by atoms with Crippen LogP contribution >= 0.6 is 0 Å². The Morgan fingerprint density at radius 2 is 0.690 bits per heavy atom. The molecule has 0 aliphatic carbocycles. The molecule has 4 aliphatic rings. The molecule has 4 heterocycles. The van der Waals surface area contributed by atoms with E-state index in [0.717, 1.165) is 11.5 Å². The van der Waals surface area contributed by atoms with Gasteiger partial charge in [0.15, 0.2) is 0 Å². The van der Waals surface area contributed by atoms with Gasteiger partial charge in [0.1, 0.15) is 11.5 Å². The van der Waals surface area contributed by atoms with Crippen LogP contribution in [0.25, 0.3) is 99.1 Å². The molecule has 0 atom stereocenters. The molecule has 0 fully saturated rings. The van der Waals surface area contributed by atoms with Gasteiger partial charge in [-0.15, -0.1) is 0 Å². The van der Waals surface area contributed by atoms with Crippen LogP contribution in [0.2, 0.25) is 0 Å². The van der Waals surface area contributed by atoms with E-state index in [1.165, 1.54) is 132 Å². The van der Waals surface area contributed by atoms with Crippen molar-refractivity contribution in [3.63, 3.8) is 0 Å². The summed E-state index contributed by atoms with van der Waals surface area (Å²) in [6, 6.07) is 59.5. The van der Waals surface area contributed by atoms with Crippen molar-refractivity contribution in [1.82, 2.24) is 0 Å². The highest BCUT2D eigenvalue weighted by atomic mass is 16.5. The predicted octanol–water partition coefficient (Wildman–Crippen LogP) is 8.89. The second-order valence-electron chi connectivity index (χ2n) is 16.5. The van der Waals surface area contributed by atoms with Gasteiger partial charge in [0.05, 0.1) is 14.2 Å². The van der Waals surface area contributed by atoms with E-state index in [4.69, 9.17) is 9.47 Å². The predicted molar refractivity (Wildman–Crippen MR) is 245 cm³/mol. The van der Waals surface area contributed by atoms with Crippen LogP contribution in [0.4, 0.5) is 0 Å². The molecule has 14 rings (SSSR count). The minimum Gasteiger partial charge on any atom is -0.497 e. The largest absolute Gasteiger partial charge is 0.497 e. The lowest BCUT2D eigenvalue weighted by atomic mass is 9.34. The molecular formula is C54H32B2O2. The zero-order valence-corrected chi connectivity index (χ0v) is 32.0. The third kappa shape index (κ3) is 3.68. The first-order chi connectivity index (χ1) is 28.7. The molecule has 2 nitrogen and oxygen atoms in total. The quantitative estimate of drug-likeness (QED) is 0.133. The monoisotopic (exact) mass is 734 g/mol. The van der Waals surface area contributed by atoms with Gasteiger partial charge in [-0.25, -0.2) is 0 Å².